The molecule has 5 rings (SSSR count). The van der Waals surface area contributed by atoms with Crippen LogP contribution in [0.4, 0.5) is 0 Å². The first kappa shape index (κ1) is 21.7. The second kappa shape index (κ2) is 9.02. The molecule has 3 aromatic carbocycles. The first-order chi connectivity index (χ1) is 16.6. The van der Waals surface area contributed by atoms with Gasteiger partial charge in [0.2, 0.25) is 0 Å². The highest BCUT2D eigenvalue weighted by Crippen LogP contribution is 2.30. The second-order valence-electron chi connectivity index (χ2n) is 8.54. The van der Waals surface area contributed by atoms with E-state index in [9.17, 15) is 9.59 Å². The maximum atomic E-state index is 13.3. The molecular formula is C29H26N2O3. The Kier molecular flexibility index (Phi) is 5.76. The molecule has 0 atom stereocenters. The zero-order valence-electron chi connectivity index (χ0n) is 19.3. The van der Waals surface area contributed by atoms with Crippen LogP contribution < -0.4 is 5.56 Å². The van der Waals surface area contributed by atoms with Gasteiger partial charge in [-0.15, -0.1) is 0 Å². The molecule has 5 nitrogen and oxygen atoms in total. The fraction of sp³-hybridized carbons (Fsp3) is 0.172. The number of nitrogens with zero attached hydrogens (tertiary/aromatic N) is 2. The molecule has 0 amide bonds. The van der Waals surface area contributed by atoms with Crippen molar-refractivity contribution in [1.29, 1.82) is 0 Å². The summed E-state index contributed by atoms with van der Waals surface area (Å²) in [6.45, 7) is 2.72. The van der Waals surface area contributed by atoms with Gasteiger partial charge < -0.3 is 13.9 Å². The first-order valence-corrected chi connectivity index (χ1v) is 11.4. The lowest BCUT2D eigenvalue weighted by atomic mass is 9.98. The molecule has 0 unspecified atom stereocenters. The van der Waals surface area contributed by atoms with Gasteiger partial charge >= 0.3 is 5.97 Å². The fourth-order valence-electron chi connectivity index (χ4n) is 4.77. The minimum absolute atomic E-state index is 0.00745. The molecule has 0 aliphatic heterocycles. The number of fused-ring (bicyclic) bond motifs is 2. The third-order valence-corrected chi connectivity index (χ3v) is 6.52. The van der Waals surface area contributed by atoms with Crippen molar-refractivity contribution in [3.05, 3.63) is 118 Å². The van der Waals surface area contributed by atoms with Crippen LogP contribution in [0.15, 0.2) is 89.9 Å². The number of esters is 1. The van der Waals surface area contributed by atoms with Gasteiger partial charge in [-0.2, -0.15) is 0 Å². The minimum atomic E-state index is -0.280. The molecule has 5 aromatic rings. The van der Waals surface area contributed by atoms with E-state index in [2.05, 4.69) is 6.07 Å². The van der Waals surface area contributed by atoms with E-state index in [4.69, 9.17) is 4.74 Å². The van der Waals surface area contributed by atoms with Crippen molar-refractivity contribution in [3.8, 4) is 0 Å². The lowest BCUT2D eigenvalue weighted by Crippen LogP contribution is -2.21. The summed E-state index contributed by atoms with van der Waals surface area (Å²) in [6, 6.07) is 25.9. The molecule has 0 N–H and O–H groups in total. The zero-order chi connectivity index (χ0) is 23.7. The average molecular weight is 451 g/mol. The molecule has 170 valence electrons. The number of hydrogen-bond acceptors (Lipinski definition) is 3. The van der Waals surface area contributed by atoms with E-state index in [1.165, 1.54) is 7.11 Å². The van der Waals surface area contributed by atoms with Crippen LogP contribution in [0.3, 0.4) is 0 Å². The van der Waals surface area contributed by atoms with E-state index >= 15 is 0 Å². The molecule has 0 bridgehead atoms. The standard InChI is InChI=1S/C29H26N2O3/c1-20-26(24-13-8-9-15-27(24)31(20)19-28(32)34-2)16-22-18-30(17-21-10-4-3-5-11-21)29(33)25-14-7-6-12-23(22)25/h3-15,18H,16-17,19H2,1-2H3. The number of carbonyl (C=O) groups is 1. The highest BCUT2D eigenvalue weighted by atomic mass is 16.5. The van der Waals surface area contributed by atoms with Crippen LogP contribution in [0.25, 0.3) is 21.7 Å². The number of benzene rings is 3. The summed E-state index contributed by atoms with van der Waals surface area (Å²) < 4.78 is 8.75. The summed E-state index contributed by atoms with van der Waals surface area (Å²) in [5.41, 5.74) is 5.34. The molecule has 0 radical (unpaired) electrons. The van der Waals surface area contributed by atoms with Gasteiger partial charge in [0.1, 0.15) is 6.54 Å². The van der Waals surface area contributed by atoms with Crippen LogP contribution in [0, 0.1) is 6.92 Å². The van der Waals surface area contributed by atoms with E-state index in [1.54, 1.807) is 4.57 Å². The van der Waals surface area contributed by atoms with Crippen LogP contribution in [-0.2, 0) is 29.0 Å². The van der Waals surface area contributed by atoms with Crippen molar-refractivity contribution < 1.29 is 9.53 Å². The Morgan fingerprint density at radius 1 is 0.853 bits per heavy atom. The Morgan fingerprint density at radius 3 is 2.24 bits per heavy atom. The molecule has 34 heavy (non-hydrogen) atoms. The number of hydrogen-bond donors (Lipinski definition) is 0. The molecular weight excluding hydrogens is 424 g/mol. The van der Waals surface area contributed by atoms with Crippen molar-refractivity contribution in [3.63, 3.8) is 0 Å². The van der Waals surface area contributed by atoms with Gasteiger partial charge in [-0.1, -0.05) is 66.7 Å². The molecule has 0 aliphatic rings. The van der Waals surface area contributed by atoms with Crippen molar-refractivity contribution in [2.75, 3.05) is 7.11 Å². The third kappa shape index (κ3) is 3.90. The SMILES string of the molecule is COC(=O)Cn1c(C)c(Cc2cn(Cc3ccccc3)c(=O)c3ccccc23)c2ccccc21. The summed E-state index contributed by atoms with van der Waals surface area (Å²) in [7, 11) is 1.41. The minimum Gasteiger partial charge on any atom is -0.468 e. The van der Waals surface area contributed by atoms with Gasteiger partial charge in [-0.25, -0.2) is 0 Å². The molecule has 5 heteroatoms. The maximum absolute atomic E-state index is 13.3. The Labute approximate surface area is 197 Å². The monoisotopic (exact) mass is 450 g/mol. The number of aromatic nitrogens is 2. The van der Waals surface area contributed by atoms with Crippen molar-refractivity contribution >= 4 is 27.6 Å². The largest absolute Gasteiger partial charge is 0.468 e. The summed E-state index contributed by atoms with van der Waals surface area (Å²) >= 11 is 0. The number of methoxy groups -OCH3 is 1. The molecule has 0 aliphatic carbocycles. The topological polar surface area (TPSA) is 53.2 Å². The van der Waals surface area contributed by atoms with Crippen LogP contribution in [-0.4, -0.2) is 22.2 Å². The quantitative estimate of drug-likeness (QED) is 0.339. The Bertz CT molecular complexity index is 1560. The normalized spacial score (nSPS) is 11.2. The maximum Gasteiger partial charge on any atom is 0.325 e. The van der Waals surface area contributed by atoms with Crippen molar-refractivity contribution in [1.82, 2.24) is 9.13 Å². The Hall–Kier alpha value is -4.12. The number of pyridine rings is 1. The van der Waals surface area contributed by atoms with Gasteiger partial charge in [0.15, 0.2) is 0 Å². The number of carbonyl (C=O) groups excluding carboxylic acids is 1. The number of rotatable bonds is 6. The van der Waals surface area contributed by atoms with E-state index < -0.39 is 0 Å². The Balaban J connectivity index is 1.66. The smallest absolute Gasteiger partial charge is 0.325 e. The second-order valence-corrected chi connectivity index (χ2v) is 8.54. The third-order valence-electron chi connectivity index (χ3n) is 6.52. The Morgan fingerprint density at radius 2 is 1.50 bits per heavy atom. The summed E-state index contributed by atoms with van der Waals surface area (Å²) in [5.74, 6) is -0.280. The van der Waals surface area contributed by atoms with Gasteiger partial charge in [-0.3, -0.25) is 9.59 Å². The summed E-state index contributed by atoms with van der Waals surface area (Å²) in [4.78, 5) is 25.4. The molecule has 0 saturated heterocycles. The van der Waals surface area contributed by atoms with Gasteiger partial charge in [0, 0.05) is 34.6 Å². The van der Waals surface area contributed by atoms with Crippen LogP contribution in [0.5, 0.6) is 0 Å². The summed E-state index contributed by atoms with van der Waals surface area (Å²) in [5, 5.41) is 2.78. The lowest BCUT2D eigenvalue weighted by molar-refractivity contribution is -0.141. The molecule has 0 fully saturated rings. The summed E-state index contributed by atoms with van der Waals surface area (Å²) in [6.07, 6.45) is 2.64. The van der Waals surface area contributed by atoms with Crippen molar-refractivity contribution in [2.24, 2.45) is 0 Å². The van der Waals surface area contributed by atoms with Crippen LogP contribution >= 0.6 is 0 Å². The van der Waals surface area contributed by atoms with E-state index in [0.29, 0.717) is 18.4 Å². The van der Waals surface area contributed by atoms with Crippen molar-refractivity contribution in [2.45, 2.75) is 26.4 Å². The predicted octanol–water partition coefficient (Wildman–Crippen LogP) is 5.08. The first-order valence-electron chi connectivity index (χ1n) is 11.4. The lowest BCUT2D eigenvalue weighted by Gasteiger charge is -2.13. The fourth-order valence-corrected chi connectivity index (χ4v) is 4.77. The van der Waals surface area contributed by atoms with E-state index in [1.807, 2.05) is 90.5 Å². The van der Waals surface area contributed by atoms with E-state index in [0.717, 1.165) is 38.7 Å². The highest BCUT2D eigenvalue weighted by molar-refractivity contribution is 5.89. The van der Waals surface area contributed by atoms with E-state index in [-0.39, 0.29) is 18.1 Å². The number of ether oxygens (including phenoxy) is 1. The van der Waals surface area contributed by atoms with Gasteiger partial charge in [0.05, 0.1) is 13.7 Å². The van der Waals surface area contributed by atoms with Gasteiger partial charge in [0.25, 0.3) is 5.56 Å². The average Bonchev–Trinajstić information content (AvgIpc) is 3.13. The van der Waals surface area contributed by atoms with Gasteiger partial charge in [-0.05, 0) is 41.1 Å². The number of para-hydroxylation sites is 1. The molecule has 2 heterocycles. The van der Waals surface area contributed by atoms with Crippen LogP contribution in [0.2, 0.25) is 0 Å². The molecule has 0 saturated carbocycles. The highest BCUT2D eigenvalue weighted by Gasteiger charge is 2.18. The predicted molar refractivity (Wildman–Crippen MR) is 135 cm³/mol. The molecule has 2 aromatic heterocycles. The molecule has 0 spiro atoms. The van der Waals surface area contributed by atoms with Crippen LogP contribution in [0.1, 0.15) is 22.4 Å². The zero-order valence-corrected chi connectivity index (χ0v) is 19.3.